The van der Waals surface area contributed by atoms with Gasteiger partial charge in [-0.1, -0.05) is 11.8 Å². The molecule has 0 aliphatic rings. The number of benzene rings is 2. The number of nitrogens with zero attached hydrogens (tertiary/aromatic N) is 1. The second-order valence-corrected chi connectivity index (χ2v) is 6.74. The minimum Gasteiger partial charge on any atom is -0.494 e. The Morgan fingerprint density at radius 3 is 2.80 bits per heavy atom. The number of carbonyl (C=O) groups excluding carboxylic acids is 1. The summed E-state index contributed by atoms with van der Waals surface area (Å²) >= 11 is 1.29. The predicted molar refractivity (Wildman–Crippen MR) is 97.6 cm³/mol. The van der Waals surface area contributed by atoms with E-state index in [1.54, 1.807) is 25.1 Å². The van der Waals surface area contributed by atoms with Gasteiger partial charge in [0.2, 0.25) is 5.91 Å². The van der Waals surface area contributed by atoms with Crippen LogP contribution in [0.2, 0.25) is 0 Å². The average molecular weight is 359 g/mol. The molecule has 1 amide bonds. The number of thioether (sulfide) groups is 1. The highest BCUT2D eigenvalue weighted by Crippen LogP contribution is 2.25. The summed E-state index contributed by atoms with van der Waals surface area (Å²) in [5.41, 5.74) is 1.98. The molecule has 0 saturated carbocycles. The van der Waals surface area contributed by atoms with Crippen LogP contribution in [0.15, 0.2) is 47.6 Å². The lowest BCUT2D eigenvalue weighted by atomic mass is 10.3. The van der Waals surface area contributed by atoms with Gasteiger partial charge in [-0.3, -0.25) is 4.79 Å². The molecule has 25 heavy (non-hydrogen) atoms. The molecule has 0 aliphatic carbocycles. The van der Waals surface area contributed by atoms with E-state index in [9.17, 15) is 9.18 Å². The molecule has 7 heteroatoms. The van der Waals surface area contributed by atoms with E-state index in [-0.39, 0.29) is 17.0 Å². The van der Waals surface area contributed by atoms with Gasteiger partial charge in [0, 0.05) is 5.69 Å². The molecule has 1 heterocycles. The molecule has 0 radical (unpaired) electrons. The van der Waals surface area contributed by atoms with Crippen LogP contribution in [0.5, 0.6) is 5.75 Å². The van der Waals surface area contributed by atoms with Gasteiger partial charge in [-0.25, -0.2) is 9.37 Å². The standard InChI is InChI=1S/C18H18FN3O2S/c1-3-24-14-7-5-13(6-8-14)20-17(23)11(2)25-18-21-15-9-4-12(19)10-16(15)22-18/h4-11H,3H2,1-2H3,(H,20,23)(H,21,22)/t11-/m0/s1. The van der Waals surface area contributed by atoms with Crippen LogP contribution in [0, 0.1) is 5.82 Å². The highest BCUT2D eigenvalue weighted by molar-refractivity contribution is 8.00. The van der Waals surface area contributed by atoms with Gasteiger partial charge in [-0.05, 0) is 56.3 Å². The first-order chi connectivity index (χ1) is 12.0. The Kier molecular flexibility index (Phi) is 5.23. The van der Waals surface area contributed by atoms with Crippen molar-refractivity contribution in [2.75, 3.05) is 11.9 Å². The fourth-order valence-electron chi connectivity index (χ4n) is 2.28. The number of halogens is 1. The van der Waals surface area contributed by atoms with Crippen LogP contribution in [0.3, 0.4) is 0 Å². The maximum atomic E-state index is 13.2. The highest BCUT2D eigenvalue weighted by Gasteiger charge is 2.17. The monoisotopic (exact) mass is 359 g/mol. The Morgan fingerprint density at radius 2 is 2.08 bits per heavy atom. The number of amides is 1. The molecule has 2 aromatic carbocycles. The molecule has 0 bridgehead atoms. The van der Waals surface area contributed by atoms with Crippen LogP contribution in [0.25, 0.3) is 11.0 Å². The van der Waals surface area contributed by atoms with Gasteiger partial charge >= 0.3 is 0 Å². The Labute approximate surface area is 149 Å². The Morgan fingerprint density at radius 1 is 1.32 bits per heavy atom. The fraction of sp³-hybridized carbons (Fsp3) is 0.222. The van der Waals surface area contributed by atoms with E-state index in [0.29, 0.717) is 28.5 Å². The lowest BCUT2D eigenvalue weighted by molar-refractivity contribution is -0.115. The molecule has 2 N–H and O–H groups in total. The van der Waals surface area contributed by atoms with E-state index in [1.807, 2.05) is 19.1 Å². The molecule has 3 rings (SSSR count). The van der Waals surface area contributed by atoms with Gasteiger partial charge in [0.05, 0.1) is 22.9 Å². The highest BCUT2D eigenvalue weighted by atomic mass is 32.2. The number of ether oxygens (including phenoxy) is 1. The minimum atomic E-state index is -0.364. The summed E-state index contributed by atoms with van der Waals surface area (Å²) in [6.07, 6.45) is 0. The summed E-state index contributed by atoms with van der Waals surface area (Å²) in [4.78, 5) is 19.7. The summed E-state index contributed by atoms with van der Waals surface area (Å²) in [5, 5.41) is 3.07. The van der Waals surface area contributed by atoms with E-state index < -0.39 is 0 Å². The van der Waals surface area contributed by atoms with Crippen LogP contribution in [0.4, 0.5) is 10.1 Å². The zero-order chi connectivity index (χ0) is 17.8. The summed E-state index contributed by atoms with van der Waals surface area (Å²) in [7, 11) is 0. The fourth-order valence-corrected chi connectivity index (χ4v) is 3.10. The number of H-pyrrole nitrogens is 1. The van der Waals surface area contributed by atoms with E-state index in [1.165, 1.54) is 23.9 Å². The third kappa shape index (κ3) is 4.30. The summed E-state index contributed by atoms with van der Waals surface area (Å²) < 4.78 is 18.6. The average Bonchev–Trinajstić information content (AvgIpc) is 2.98. The summed E-state index contributed by atoms with van der Waals surface area (Å²) in [6, 6.07) is 11.6. The van der Waals surface area contributed by atoms with Crippen LogP contribution < -0.4 is 10.1 Å². The number of hydrogen-bond donors (Lipinski definition) is 2. The van der Waals surface area contributed by atoms with Crippen molar-refractivity contribution in [2.24, 2.45) is 0 Å². The number of carbonyl (C=O) groups is 1. The van der Waals surface area contributed by atoms with Crippen molar-refractivity contribution < 1.29 is 13.9 Å². The number of aromatic amines is 1. The number of anilines is 1. The van der Waals surface area contributed by atoms with Crippen molar-refractivity contribution >= 4 is 34.4 Å². The number of rotatable bonds is 6. The SMILES string of the molecule is CCOc1ccc(NC(=O)[C@H](C)Sc2nc3ccc(F)cc3[nH]2)cc1. The van der Waals surface area contributed by atoms with Gasteiger partial charge in [-0.15, -0.1) is 0 Å². The van der Waals surface area contributed by atoms with Gasteiger partial charge in [0.15, 0.2) is 5.16 Å². The van der Waals surface area contributed by atoms with Crippen LogP contribution in [0.1, 0.15) is 13.8 Å². The predicted octanol–water partition coefficient (Wildman–Crippen LogP) is 4.22. The number of fused-ring (bicyclic) bond motifs is 1. The van der Waals surface area contributed by atoms with E-state index in [4.69, 9.17) is 4.74 Å². The first-order valence-electron chi connectivity index (χ1n) is 7.91. The molecule has 0 saturated heterocycles. The molecular weight excluding hydrogens is 341 g/mol. The van der Waals surface area contributed by atoms with Crippen molar-refractivity contribution in [3.05, 3.63) is 48.3 Å². The molecule has 0 unspecified atom stereocenters. The molecule has 1 atom stereocenters. The normalized spacial score (nSPS) is 12.1. The zero-order valence-corrected chi connectivity index (χ0v) is 14.7. The maximum Gasteiger partial charge on any atom is 0.237 e. The van der Waals surface area contributed by atoms with Gasteiger partial charge in [-0.2, -0.15) is 0 Å². The van der Waals surface area contributed by atoms with Crippen molar-refractivity contribution in [1.82, 2.24) is 9.97 Å². The third-order valence-electron chi connectivity index (χ3n) is 3.51. The van der Waals surface area contributed by atoms with Crippen LogP contribution in [-0.2, 0) is 4.79 Å². The third-order valence-corrected chi connectivity index (χ3v) is 4.50. The first-order valence-corrected chi connectivity index (χ1v) is 8.79. The molecule has 0 fully saturated rings. The Balaban J connectivity index is 1.63. The smallest absolute Gasteiger partial charge is 0.237 e. The number of aromatic nitrogens is 2. The van der Waals surface area contributed by atoms with Crippen LogP contribution >= 0.6 is 11.8 Å². The van der Waals surface area contributed by atoms with E-state index in [2.05, 4.69) is 15.3 Å². The van der Waals surface area contributed by atoms with Crippen molar-refractivity contribution in [1.29, 1.82) is 0 Å². The lowest BCUT2D eigenvalue weighted by Gasteiger charge is -2.11. The van der Waals surface area contributed by atoms with Crippen molar-refractivity contribution in [2.45, 2.75) is 24.3 Å². The largest absolute Gasteiger partial charge is 0.494 e. The summed E-state index contributed by atoms with van der Waals surface area (Å²) in [6.45, 7) is 4.31. The second kappa shape index (κ2) is 7.57. The molecule has 5 nitrogen and oxygen atoms in total. The van der Waals surface area contributed by atoms with Crippen LogP contribution in [-0.4, -0.2) is 27.7 Å². The van der Waals surface area contributed by atoms with Crippen molar-refractivity contribution in [3.63, 3.8) is 0 Å². The molecular formula is C18H18FN3O2S. The van der Waals surface area contributed by atoms with Gasteiger partial charge < -0.3 is 15.0 Å². The Bertz CT molecular complexity index is 880. The quantitative estimate of drug-likeness (QED) is 0.647. The molecule has 0 aliphatic heterocycles. The molecule has 3 aromatic rings. The van der Waals surface area contributed by atoms with E-state index in [0.717, 1.165) is 5.75 Å². The van der Waals surface area contributed by atoms with Crippen molar-refractivity contribution in [3.8, 4) is 5.75 Å². The molecule has 0 spiro atoms. The number of imidazole rings is 1. The van der Waals surface area contributed by atoms with E-state index >= 15 is 0 Å². The molecule has 130 valence electrons. The Hall–Kier alpha value is -2.54. The zero-order valence-electron chi connectivity index (χ0n) is 13.9. The maximum absolute atomic E-state index is 13.2. The number of hydrogen-bond acceptors (Lipinski definition) is 4. The first kappa shape index (κ1) is 17.3. The summed E-state index contributed by atoms with van der Waals surface area (Å²) in [5.74, 6) is 0.298. The van der Waals surface area contributed by atoms with Gasteiger partial charge in [0.25, 0.3) is 0 Å². The van der Waals surface area contributed by atoms with Gasteiger partial charge in [0.1, 0.15) is 11.6 Å². The topological polar surface area (TPSA) is 67.0 Å². The lowest BCUT2D eigenvalue weighted by Crippen LogP contribution is -2.22. The minimum absolute atomic E-state index is 0.138. The molecule has 1 aromatic heterocycles. The number of nitrogens with one attached hydrogen (secondary N) is 2. The second-order valence-electron chi connectivity index (χ2n) is 5.41.